The zero-order chi connectivity index (χ0) is 21.5. The van der Waals surface area contributed by atoms with Crippen LogP contribution in [0.15, 0.2) is 70.6 Å². The van der Waals surface area contributed by atoms with Crippen molar-refractivity contribution in [1.29, 1.82) is 0 Å². The third-order valence-electron chi connectivity index (χ3n) is 5.88. The van der Waals surface area contributed by atoms with Crippen molar-refractivity contribution in [3.63, 3.8) is 0 Å². The Labute approximate surface area is 182 Å². The van der Waals surface area contributed by atoms with Crippen LogP contribution in [0.2, 0.25) is 0 Å². The van der Waals surface area contributed by atoms with E-state index < -0.39 is 4.92 Å². The summed E-state index contributed by atoms with van der Waals surface area (Å²) in [7, 11) is 0. The fraction of sp³-hybridized carbons (Fsp3) is 0.167. The van der Waals surface area contributed by atoms with Gasteiger partial charge in [0.05, 0.1) is 4.92 Å². The smallest absolute Gasteiger partial charge is 0.334 e. The second-order valence-electron chi connectivity index (χ2n) is 7.60. The molecule has 5 rings (SSSR count). The number of ketones is 1. The van der Waals surface area contributed by atoms with Gasteiger partial charge in [0.15, 0.2) is 11.5 Å². The molecule has 0 spiro atoms. The largest absolute Gasteiger partial charge is 0.354 e. The first kappa shape index (κ1) is 19.4. The van der Waals surface area contributed by atoms with Crippen molar-refractivity contribution in [3.8, 4) is 0 Å². The molecule has 0 radical (unpaired) electrons. The number of carbonyl (C=O) groups excluding carboxylic acids is 1. The maximum absolute atomic E-state index is 13.2. The first-order chi connectivity index (χ1) is 15.1. The molecule has 2 aromatic heterocycles. The maximum atomic E-state index is 13.2. The highest BCUT2D eigenvalue weighted by Gasteiger charge is 2.39. The quantitative estimate of drug-likeness (QED) is 0.301. The Morgan fingerprint density at radius 2 is 1.71 bits per heavy atom. The summed E-state index contributed by atoms with van der Waals surface area (Å²) >= 11 is 1.60. The molecule has 0 saturated carbocycles. The zero-order valence-electron chi connectivity index (χ0n) is 16.6. The van der Waals surface area contributed by atoms with E-state index in [-0.39, 0.29) is 34.8 Å². The molecule has 1 unspecified atom stereocenters. The fourth-order valence-electron chi connectivity index (χ4n) is 4.56. The molecule has 7 heteroatoms. The minimum absolute atomic E-state index is 0.00821. The molecule has 1 aliphatic rings. The zero-order valence-corrected chi connectivity index (χ0v) is 17.5. The lowest BCUT2D eigenvalue weighted by atomic mass is 9.70. The van der Waals surface area contributed by atoms with Gasteiger partial charge in [0.25, 0.3) is 0 Å². The number of rotatable bonds is 5. The van der Waals surface area contributed by atoms with Crippen molar-refractivity contribution in [2.45, 2.75) is 25.2 Å². The Morgan fingerprint density at radius 1 is 1.06 bits per heavy atom. The van der Waals surface area contributed by atoms with Crippen LogP contribution in [0.1, 0.15) is 55.2 Å². The van der Waals surface area contributed by atoms with E-state index in [2.05, 4.69) is 5.16 Å². The van der Waals surface area contributed by atoms with Gasteiger partial charge in [0, 0.05) is 34.3 Å². The normalized spacial score (nSPS) is 14.2. The van der Waals surface area contributed by atoms with Gasteiger partial charge < -0.3 is 4.52 Å². The van der Waals surface area contributed by atoms with E-state index in [1.165, 1.54) is 0 Å². The van der Waals surface area contributed by atoms with E-state index in [1.54, 1.807) is 18.3 Å². The van der Waals surface area contributed by atoms with Crippen molar-refractivity contribution < 1.29 is 14.2 Å². The van der Waals surface area contributed by atoms with Gasteiger partial charge in [-0.25, -0.2) is 0 Å². The molecule has 1 aliphatic carbocycles. The van der Waals surface area contributed by atoms with Crippen molar-refractivity contribution in [2.75, 3.05) is 0 Å². The number of aryl methyl sites for hydroxylation is 1. The van der Waals surface area contributed by atoms with Gasteiger partial charge >= 0.3 is 5.69 Å². The number of aromatic nitrogens is 1. The number of thiophene rings is 1. The van der Waals surface area contributed by atoms with Gasteiger partial charge in [-0.15, -0.1) is 11.3 Å². The SMILES string of the molecule is Cc1noc(CC(c2cccs2)C2c3ccccc3C(=O)c3ccccc32)c1[N+](=O)[O-]. The van der Waals surface area contributed by atoms with Crippen molar-refractivity contribution in [2.24, 2.45) is 0 Å². The standard InChI is InChI=1S/C24H18N2O4S/c1-14-23(26(28)29)20(30-25-14)13-19(21-11-6-12-31-21)22-15-7-2-4-9-17(15)24(27)18-10-5-3-8-16(18)22/h2-12,19,22H,13H2,1H3. The molecule has 0 saturated heterocycles. The number of carbonyl (C=O) groups is 1. The molecule has 1 atom stereocenters. The molecule has 31 heavy (non-hydrogen) atoms. The summed E-state index contributed by atoms with van der Waals surface area (Å²) in [6, 6.07) is 19.3. The average molecular weight is 430 g/mol. The van der Waals surface area contributed by atoms with Crippen LogP contribution < -0.4 is 0 Å². The summed E-state index contributed by atoms with van der Waals surface area (Å²) in [6.45, 7) is 1.58. The summed E-state index contributed by atoms with van der Waals surface area (Å²) < 4.78 is 5.42. The number of hydrogen-bond acceptors (Lipinski definition) is 6. The van der Waals surface area contributed by atoms with Crippen molar-refractivity contribution in [1.82, 2.24) is 5.16 Å². The summed E-state index contributed by atoms with van der Waals surface area (Å²) in [6.07, 6.45) is 0.305. The molecule has 2 aromatic carbocycles. The van der Waals surface area contributed by atoms with Crippen LogP contribution >= 0.6 is 11.3 Å². The van der Waals surface area contributed by atoms with E-state index in [0.717, 1.165) is 16.0 Å². The van der Waals surface area contributed by atoms with Gasteiger partial charge in [-0.05, 0) is 29.5 Å². The predicted molar refractivity (Wildman–Crippen MR) is 117 cm³/mol. The Hall–Kier alpha value is -3.58. The molecule has 0 bridgehead atoms. The first-order valence-corrected chi connectivity index (χ1v) is 10.8. The van der Waals surface area contributed by atoms with Gasteiger partial charge in [-0.3, -0.25) is 14.9 Å². The van der Waals surface area contributed by atoms with Gasteiger partial charge in [-0.2, -0.15) is 0 Å². The summed E-state index contributed by atoms with van der Waals surface area (Å²) in [5, 5.41) is 17.5. The summed E-state index contributed by atoms with van der Waals surface area (Å²) in [4.78, 5) is 25.4. The highest BCUT2D eigenvalue weighted by molar-refractivity contribution is 7.10. The van der Waals surface area contributed by atoms with E-state index in [4.69, 9.17) is 4.52 Å². The van der Waals surface area contributed by atoms with Crippen LogP contribution in [0.25, 0.3) is 0 Å². The van der Waals surface area contributed by atoms with Crippen LogP contribution in [0, 0.1) is 17.0 Å². The van der Waals surface area contributed by atoms with Crippen LogP contribution in [0.5, 0.6) is 0 Å². The number of nitro groups is 1. The first-order valence-electron chi connectivity index (χ1n) is 9.91. The molecule has 0 fully saturated rings. The number of hydrogen-bond donors (Lipinski definition) is 0. The van der Waals surface area contributed by atoms with Crippen LogP contribution in [0.3, 0.4) is 0 Å². The molecule has 0 aliphatic heterocycles. The highest BCUT2D eigenvalue weighted by atomic mass is 32.1. The molecular formula is C24H18N2O4S. The Balaban J connectivity index is 1.71. The van der Waals surface area contributed by atoms with E-state index in [1.807, 2.05) is 66.0 Å². The third-order valence-corrected chi connectivity index (χ3v) is 6.88. The van der Waals surface area contributed by atoms with E-state index in [0.29, 0.717) is 17.5 Å². The molecule has 4 aromatic rings. The minimum Gasteiger partial charge on any atom is -0.354 e. The van der Waals surface area contributed by atoms with E-state index in [9.17, 15) is 14.9 Å². The van der Waals surface area contributed by atoms with Crippen LogP contribution in [-0.2, 0) is 6.42 Å². The van der Waals surface area contributed by atoms with Crippen molar-refractivity contribution in [3.05, 3.63) is 115 Å². The number of benzene rings is 2. The monoisotopic (exact) mass is 430 g/mol. The summed E-state index contributed by atoms with van der Waals surface area (Å²) in [5.41, 5.74) is 3.42. The van der Waals surface area contributed by atoms with Gasteiger partial charge in [-0.1, -0.05) is 59.8 Å². The lowest BCUT2D eigenvalue weighted by molar-refractivity contribution is -0.386. The molecule has 6 nitrogen and oxygen atoms in total. The maximum Gasteiger partial charge on any atom is 0.334 e. The predicted octanol–water partition coefficient (Wildman–Crippen LogP) is 5.66. The number of fused-ring (bicyclic) bond motifs is 2. The van der Waals surface area contributed by atoms with Crippen LogP contribution in [-0.4, -0.2) is 15.9 Å². The third kappa shape index (κ3) is 3.18. The fourth-order valence-corrected chi connectivity index (χ4v) is 5.43. The van der Waals surface area contributed by atoms with Crippen molar-refractivity contribution >= 4 is 22.8 Å². The molecule has 2 heterocycles. The van der Waals surface area contributed by atoms with Gasteiger partial charge in [0.2, 0.25) is 5.76 Å². The second-order valence-corrected chi connectivity index (χ2v) is 8.58. The molecule has 0 N–H and O–H groups in total. The van der Waals surface area contributed by atoms with Gasteiger partial charge in [0.1, 0.15) is 0 Å². The molecular weight excluding hydrogens is 412 g/mol. The average Bonchev–Trinajstić information content (AvgIpc) is 3.43. The number of nitrogens with zero attached hydrogens (tertiary/aromatic N) is 2. The minimum atomic E-state index is -0.432. The molecule has 0 amide bonds. The van der Waals surface area contributed by atoms with Crippen LogP contribution in [0.4, 0.5) is 5.69 Å². The Kier molecular flexibility index (Phi) is 4.75. The second kappa shape index (κ2) is 7.59. The highest BCUT2D eigenvalue weighted by Crippen LogP contribution is 2.48. The molecule has 154 valence electrons. The Bertz CT molecular complexity index is 1240. The Morgan fingerprint density at radius 3 is 2.29 bits per heavy atom. The topological polar surface area (TPSA) is 86.2 Å². The lowest BCUT2D eigenvalue weighted by Gasteiger charge is -2.33. The summed E-state index contributed by atoms with van der Waals surface area (Å²) in [5.74, 6) is -0.0307. The lowest BCUT2D eigenvalue weighted by Crippen LogP contribution is -2.24. The van der Waals surface area contributed by atoms with E-state index >= 15 is 0 Å².